The number of nitrogens with zero attached hydrogens (tertiary/aromatic N) is 1. The zero-order valence-electron chi connectivity index (χ0n) is 17.2. The van der Waals surface area contributed by atoms with Gasteiger partial charge in [0.15, 0.2) is 0 Å². The van der Waals surface area contributed by atoms with Gasteiger partial charge in [0.2, 0.25) is 0 Å². The molecule has 0 saturated carbocycles. The van der Waals surface area contributed by atoms with E-state index >= 15 is 0 Å². The van der Waals surface area contributed by atoms with E-state index in [4.69, 9.17) is 0 Å². The molecule has 2 N–H and O–H groups in total. The predicted molar refractivity (Wildman–Crippen MR) is 121 cm³/mol. The van der Waals surface area contributed by atoms with E-state index in [0.717, 1.165) is 16.4 Å². The highest BCUT2D eigenvalue weighted by molar-refractivity contribution is 7.82. The summed E-state index contributed by atoms with van der Waals surface area (Å²) in [7, 11) is 0. The first-order valence-corrected chi connectivity index (χ1v) is 10.1. The molecule has 0 saturated heterocycles. The van der Waals surface area contributed by atoms with Gasteiger partial charge < -0.3 is 10.6 Å². The minimum absolute atomic E-state index is 0.103. The van der Waals surface area contributed by atoms with Gasteiger partial charge in [-0.15, -0.1) is 0 Å². The molecule has 3 aromatic carbocycles. The van der Waals surface area contributed by atoms with Crippen LogP contribution in [0.15, 0.2) is 72.8 Å². The highest BCUT2D eigenvalue weighted by Crippen LogP contribution is 2.30. The Labute approximate surface area is 193 Å². The topological polar surface area (TPSA) is 61.4 Å². The smallest absolute Gasteiger partial charge is 0.330 e. The monoisotopic (exact) mass is 477 g/mol. The zero-order chi connectivity index (χ0) is 24.2. The van der Waals surface area contributed by atoms with Crippen molar-refractivity contribution in [2.75, 3.05) is 9.62 Å². The van der Waals surface area contributed by atoms with Crippen LogP contribution in [0.25, 0.3) is 0 Å². The Hall–Kier alpha value is -3.53. The van der Waals surface area contributed by atoms with Crippen LogP contribution in [0.1, 0.15) is 34.5 Å². The fourth-order valence-electron chi connectivity index (χ4n) is 2.94. The molecule has 0 aromatic heterocycles. The van der Waals surface area contributed by atoms with Crippen molar-refractivity contribution in [2.45, 2.75) is 19.1 Å². The number of urea groups is 1. The van der Waals surface area contributed by atoms with Gasteiger partial charge in [0, 0.05) is 5.69 Å². The maximum absolute atomic E-state index is 13.7. The Balaban J connectivity index is 1.61. The molecule has 10 heteroatoms. The number of nitrogens with one attached hydrogen (secondary N) is 2. The van der Waals surface area contributed by atoms with Crippen molar-refractivity contribution in [3.05, 3.63) is 95.3 Å². The van der Waals surface area contributed by atoms with Crippen LogP contribution in [-0.2, 0) is 6.18 Å². The molecule has 3 amide bonds. The molecule has 5 nitrogen and oxygen atoms in total. The average molecular weight is 477 g/mol. The molecular weight excluding hydrogens is 458 g/mol. The lowest BCUT2D eigenvalue weighted by molar-refractivity contribution is -0.137. The van der Waals surface area contributed by atoms with Gasteiger partial charge in [0.05, 0.1) is 22.9 Å². The van der Waals surface area contributed by atoms with Gasteiger partial charge in [-0.25, -0.2) is 13.5 Å². The quantitative estimate of drug-likeness (QED) is 0.302. The van der Waals surface area contributed by atoms with Gasteiger partial charge in [-0.05, 0) is 61.0 Å². The van der Waals surface area contributed by atoms with Crippen molar-refractivity contribution in [3.63, 3.8) is 0 Å². The molecule has 172 valence electrons. The van der Waals surface area contributed by atoms with Gasteiger partial charge in [-0.1, -0.05) is 37.1 Å². The number of halogens is 4. The summed E-state index contributed by atoms with van der Waals surface area (Å²) < 4.78 is 52.8. The van der Waals surface area contributed by atoms with E-state index in [-0.39, 0.29) is 5.56 Å². The van der Waals surface area contributed by atoms with Crippen molar-refractivity contribution in [2.24, 2.45) is 0 Å². The molecule has 1 unspecified atom stereocenters. The number of hydrogen-bond acceptors (Lipinski definition) is 3. The molecule has 0 bridgehead atoms. The van der Waals surface area contributed by atoms with E-state index < -0.39 is 35.5 Å². The fraction of sp³-hybridized carbons (Fsp3) is 0.130. The van der Waals surface area contributed by atoms with Crippen LogP contribution in [0.5, 0.6) is 0 Å². The minimum atomic E-state index is -4.44. The molecular formula is C23H19F4N3O2S. The summed E-state index contributed by atoms with van der Waals surface area (Å²) in [6.07, 6.45) is -4.44. The lowest BCUT2D eigenvalue weighted by Gasteiger charge is -2.21. The van der Waals surface area contributed by atoms with Gasteiger partial charge in [0.1, 0.15) is 5.82 Å². The predicted octanol–water partition coefficient (Wildman–Crippen LogP) is 6.22. The normalized spacial score (nSPS) is 12.1. The third-order valence-electron chi connectivity index (χ3n) is 4.76. The third kappa shape index (κ3) is 6.04. The van der Waals surface area contributed by atoms with Gasteiger partial charge in [-0.3, -0.25) is 4.79 Å². The number of carbonyl (C=O) groups is 2. The molecule has 0 heterocycles. The fourth-order valence-corrected chi connectivity index (χ4v) is 3.13. The Kier molecular flexibility index (Phi) is 7.27. The summed E-state index contributed by atoms with van der Waals surface area (Å²) in [5.41, 5.74) is 0.368. The molecule has 0 aliphatic heterocycles. The Bertz CT molecular complexity index is 1140. The molecule has 0 spiro atoms. The van der Waals surface area contributed by atoms with Crippen LogP contribution >= 0.6 is 12.8 Å². The third-order valence-corrected chi connectivity index (χ3v) is 5.17. The minimum Gasteiger partial charge on any atom is -0.330 e. The molecule has 0 fully saturated rings. The van der Waals surface area contributed by atoms with Gasteiger partial charge in [-0.2, -0.15) is 13.2 Å². The number of alkyl halides is 3. The number of carbonyl (C=O) groups excluding carboxylic acids is 2. The van der Waals surface area contributed by atoms with Crippen molar-refractivity contribution in [1.29, 1.82) is 0 Å². The first-order valence-electron chi connectivity index (χ1n) is 9.69. The molecule has 0 aliphatic carbocycles. The average Bonchev–Trinajstić information content (AvgIpc) is 2.78. The second-order valence-corrected chi connectivity index (χ2v) is 7.48. The second-order valence-electron chi connectivity index (χ2n) is 7.08. The maximum atomic E-state index is 13.7. The lowest BCUT2D eigenvalue weighted by atomic mass is 10.1. The van der Waals surface area contributed by atoms with Crippen LogP contribution in [0.3, 0.4) is 0 Å². The van der Waals surface area contributed by atoms with Crippen molar-refractivity contribution in [1.82, 2.24) is 5.32 Å². The van der Waals surface area contributed by atoms with E-state index in [2.05, 4.69) is 23.4 Å². The highest BCUT2D eigenvalue weighted by atomic mass is 32.1. The molecule has 0 aliphatic rings. The van der Waals surface area contributed by atoms with Crippen LogP contribution in [0.4, 0.5) is 33.7 Å². The van der Waals surface area contributed by atoms with Crippen LogP contribution in [-0.4, -0.2) is 11.9 Å². The summed E-state index contributed by atoms with van der Waals surface area (Å²) in [6, 6.07) is 14.9. The van der Waals surface area contributed by atoms with Crippen LogP contribution in [0.2, 0.25) is 0 Å². The summed E-state index contributed by atoms with van der Waals surface area (Å²) in [6.45, 7) is 1.63. The number of amides is 3. The van der Waals surface area contributed by atoms with Crippen molar-refractivity contribution in [3.8, 4) is 0 Å². The number of hydrogen-bond donors (Lipinski definition) is 3. The summed E-state index contributed by atoms with van der Waals surface area (Å²) >= 11 is 4.17. The maximum Gasteiger partial charge on any atom is 0.416 e. The van der Waals surface area contributed by atoms with E-state index in [1.54, 1.807) is 13.0 Å². The molecule has 0 radical (unpaired) electrons. The highest BCUT2D eigenvalue weighted by Gasteiger charge is 2.30. The molecule has 1 atom stereocenters. The summed E-state index contributed by atoms with van der Waals surface area (Å²) in [5, 5.41) is 5.21. The first-order chi connectivity index (χ1) is 15.6. The Morgan fingerprint density at radius 3 is 2.12 bits per heavy atom. The van der Waals surface area contributed by atoms with Crippen molar-refractivity contribution < 1.29 is 27.2 Å². The lowest BCUT2D eigenvalue weighted by Crippen LogP contribution is -2.35. The van der Waals surface area contributed by atoms with E-state index in [0.29, 0.717) is 16.9 Å². The number of rotatable bonds is 5. The van der Waals surface area contributed by atoms with E-state index in [1.807, 2.05) is 0 Å². The zero-order valence-corrected chi connectivity index (χ0v) is 18.1. The van der Waals surface area contributed by atoms with Crippen LogP contribution < -0.4 is 14.9 Å². The number of benzene rings is 3. The van der Waals surface area contributed by atoms with Gasteiger partial charge in [0.25, 0.3) is 5.91 Å². The summed E-state index contributed by atoms with van der Waals surface area (Å²) in [5.74, 6) is -1.27. The van der Waals surface area contributed by atoms with E-state index in [9.17, 15) is 27.2 Å². The first kappa shape index (κ1) is 24.1. The standard InChI is InChI=1S/C23H19F4N3O2S/c1-14(15-6-8-16(9-7-15)23(25,26)27)28-22(32)30(33)18-12-10-17(11-13-18)29-21(31)19-4-2-3-5-20(19)24/h2-14,33H,1H3,(H,28,32)(H,29,31). The van der Waals surface area contributed by atoms with Crippen LogP contribution in [0, 0.1) is 5.82 Å². The van der Waals surface area contributed by atoms with E-state index in [1.165, 1.54) is 54.6 Å². The second kappa shape index (κ2) is 9.95. The Morgan fingerprint density at radius 1 is 0.939 bits per heavy atom. The molecule has 3 aromatic rings. The molecule has 33 heavy (non-hydrogen) atoms. The molecule has 3 rings (SSSR count). The number of thiol groups is 1. The largest absolute Gasteiger partial charge is 0.416 e. The van der Waals surface area contributed by atoms with Gasteiger partial charge >= 0.3 is 12.2 Å². The SMILES string of the molecule is CC(NC(=O)N(S)c1ccc(NC(=O)c2ccccc2F)cc1)c1ccc(C(F)(F)F)cc1. The Morgan fingerprint density at radius 2 is 1.55 bits per heavy atom. The number of anilines is 2. The van der Waals surface area contributed by atoms with Crippen molar-refractivity contribution >= 4 is 36.1 Å². The summed E-state index contributed by atoms with van der Waals surface area (Å²) in [4.78, 5) is 24.7.